The van der Waals surface area contributed by atoms with Gasteiger partial charge in [0.15, 0.2) is 0 Å². The van der Waals surface area contributed by atoms with Crippen molar-refractivity contribution < 1.29 is 5.11 Å². The fourth-order valence-electron chi connectivity index (χ4n) is 1.68. The van der Waals surface area contributed by atoms with Crippen molar-refractivity contribution in [2.24, 2.45) is 10.9 Å². The lowest BCUT2D eigenvalue weighted by Crippen LogP contribution is -2.21. The van der Waals surface area contributed by atoms with Crippen LogP contribution in [0, 0.1) is 12.8 Å². The Bertz CT molecular complexity index is 449. The van der Waals surface area contributed by atoms with Crippen LogP contribution in [-0.2, 0) is 0 Å². The molecule has 2 rings (SSSR count). The molecule has 1 unspecified atom stereocenters. The highest BCUT2D eigenvalue weighted by Crippen LogP contribution is 2.25. The van der Waals surface area contributed by atoms with Crippen LogP contribution < -0.4 is 5.32 Å². The van der Waals surface area contributed by atoms with Crippen molar-refractivity contribution in [3.63, 3.8) is 0 Å². The van der Waals surface area contributed by atoms with Crippen molar-refractivity contribution in [3.8, 4) is 5.75 Å². The fraction of sp³-hybridized carbons (Fsp3) is 0.308. The van der Waals surface area contributed by atoms with Crippen LogP contribution in [0.2, 0.25) is 0 Å². The molecule has 1 atom stereocenters. The Morgan fingerprint density at radius 2 is 2.25 bits per heavy atom. The molecule has 1 heterocycles. The third kappa shape index (κ3) is 2.24. The molecular weight excluding hydrogens is 200 g/mol. The lowest BCUT2D eigenvalue weighted by atomic mass is 10.0. The van der Waals surface area contributed by atoms with Crippen LogP contribution >= 0.6 is 0 Å². The van der Waals surface area contributed by atoms with Gasteiger partial charge in [-0.05, 0) is 31.0 Å². The minimum atomic E-state index is 0.268. The summed E-state index contributed by atoms with van der Waals surface area (Å²) in [6, 6.07) is 5.58. The van der Waals surface area contributed by atoms with E-state index in [-0.39, 0.29) is 5.75 Å². The van der Waals surface area contributed by atoms with Crippen molar-refractivity contribution >= 4 is 11.5 Å². The molecule has 84 valence electrons. The summed E-state index contributed by atoms with van der Waals surface area (Å²) in [4.78, 5) is 4.28. The average molecular weight is 216 g/mol. The van der Waals surface area contributed by atoms with Crippen molar-refractivity contribution in [2.45, 2.75) is 20.3 Å². The maximum atomic E-state index is 9.77. The van der Waals surface area contributed by atoms with Crippen LogP contribution in [0.4, 0.5) is 5.69 Å². The van der Waals surface area contributed by atoms with Gasteiger partial charge in [-0.15, -0.1) is 0 Å². The number of anilines is 1. The van der Waals surface area contributed by atoms with E-state index >= 15 is 0 Å². The van der Waals surface area contributed by atoms with Gasteiger partial charge >= 0.3 is 0 Å². The molecule has 0 amide bonds. The lowest BCUT2D eigenvalue weighted by Gasteiger charge is -2.18. The van der Waals surface area contributed by atoms with Gasteiger partial charge in [0.1, 0.15) is 11.6 Å². The molecule has 0 spiro atoms. The molecule has 0 saturated carbocycles. The van der Waals surface area contributed by atoms with E-state index in [2.05, 4.69) is 17.2 Å². The quantitative estimate of drug-likeness (QED) is 0.708. The van der Waals surface area contributed by atoms with E-state index < -0.39 is 0 Å². The standard InChI is InChI=1S/C13H16N2O/c1-9-5-6-11(12(16)8-9)15-13-10(2)4-3-7-14-13/h3,5-8,10,16H,4H2,1-2H3,(H,14,15). The molecule has 1 aromatic carbocycles. The molecule has 0 aliphatic carbocycles. The van der Waals surface area contributed by atoms with E-state index in [1.54, 1.807) is 12.3 Å². The first-order valence-electron chi connectivity index (χ1n) is 5.46. The fourth-order valence-corrected chi connectivity index (χ4v) is 1.68. The Morgan fingerprint density at radius 1 is 1.44 bits per heavy atom. The average Bonchev–Trinajstić information content (AvgIpc) is 2.25. The number of aliphatic imine (C=N–C) groups is 1. The number of phenolic OH excluding ortho intramolecular Hbond substituents is 1. The van der Waals surface area contributed by atoms with Crippen LogP contribution in [0.1, 0.15) is 18.9 Å². The molecule has 0 fully saturated rings. The molecule has 3 nitrogen and oxygen atoms in total. The molecular formula is C13H16N2O. The number of allylic oxidation sites excluding steroid dienone is 1. The zero-order chi connectivity index (χ0) is 11.5. The molecule has 0 saturated heterocycles. The summed E-state index contributed by atoms with van der Waals surface area (Å²) in [6.07, 6.45) is 4.83. The zero-order valence-corrected chi connectivity index (χ0v) is 9.57. The van der Waals surface area contributed by atoms with E-state index in [4.69, 9.17) is 0 Å². The first kappa shape index (κ1) is 10.7. The summed E-state index contributed by atoms with van der Waals surface area (Å²) in [5.41, 5.74) is 1.76. The summed E-state index contributed by atoms with van der Waals surface area (Å²) < 4.78 is 0. The van der Waals surface area contributed by atoms with Crippen LogP contribution in [0.15, 0.2) is 35.5 Å². The highest BCUT2D eigenvalue weighted by Gasteiger charge is 2.13. The van der Waals surface area contributed by atoms with Gasteiger partial charge in [0.2, 0.25) is 0 Å². The number of hydrogen-bond donors (Lipinski definition) is 2. The SMILES string of the molecule is Cc1ccc(NC2=NC=CCC2C)c(O)c1. The van der Waals surface area contributed by atoms with Gasteiger partial charge in [-0.25, -0.2) is 4.99 Å². The zero-order valence-electron chi connectivity index (χ0n) is 9.57. The Kier molecular flexibility index (Phi) is 2.95. The van der Waals surface area contributed by atoms with Crippen molar-refractivity contribution in [1.29, 1.82) is 0 Å². The van der Waals surface area contributed by atoms with Crippen LogP contribution in [0.5, 0.6) is 5.75 Å². The predicted molar refractivity (Wildman–Crippen MR) is 66.8 cm³/mol. The summed E-state index contributed by atoms with van der Waals surface area (Å²) in [7, 11) is 0. The maximum Gasteiger partial charge on any atom is 0.139 e. The third-order valence-electron chi connectivity index (χ3n) is 2.69. The van der Waals surface area contributed by atoms with Crippen LogP contribution in [-0.4, -0.2) is 10.9 Å². The summed E-state index contributed by atoms with van der Waals surface area (Å²) in [6.45, 7) is 4.06. The topological polar surface area (TPSA) is 44.6 Å². The molecule has 1 aromatic rings. The first-order valence-corrected chi connectivity index (χ1v) is 5.46. The number of nitrogens with one attached hydrogen (secondary N) is 1. The largest absolute Gasteiger partial charge is 0.506 e. The summed E-state index contributed by atoms with van der Waals surface area (Å²) in [5.74, 6) is 1.54. The van der Waals surface area contributed by atoms with Gasteiger partial charge in [-0.1, -0.05) is 19.1 Å². The number of nitrogens with zero attached hydrogens (tertiary/aromatic N) is 1. The van der Waals surface area contributed by atoms with Crippen LogP contribution in [0.3, 0.4) is 0 Å². The second-order valence-corrected chi connectivity index (χ2v) is 4.18. The number of hydrogen-bond acceptors (Lipinski definition) is 3. The number of aromatic hydroxyl groups is 1. The van der Waals surface area contributed by atoms with E-state index in [1.165, 1.54) is 0 Å². The molecule has 3 heteroatoms. The first-order chi connectivity index (χ1) is 7.66. The van der Waals surface area contributed by atoms with E-state index in [1.807, 2.05) is 25.1 Å². The Labute approximate surface area is 95.5 Å². The predicted octanol–water partition coefficient (Wildman–Crippen LogP) is 3.06. The maximum absolute atomic E-state index is 9.77. The van der Waals surface area contributed by atoms with Crippen molar-refractivity contribution in [3.05, 3.63) is 36.0 Å². The molecule has 0 aromatic heterocycles. The van der Waals surface area contributed by atoms with Gasteiger partial charge in [0.25, 0.3) is 0 Å². The van der Waals surface area contributed by atoms with Gasteiger partial charge in [-0.2, -0.15) is 0 Å². The summed E-state index contributed by atoms with van der Waals surface area (Å²) >= 11 is 0. The number of amidine groups is 1. The highest BCUT2D eigenvalue weighted by atomic mass is 16.3. The lowest BCUT2D eigenvalue weighted by molar-refractivity contribution is 0.477. The number of aryl methyl sites for hydroxylation is 1. The van der Waals surface area contributed by atoms with Gasteiger partial charge < -0.3 is 10.4 Å². The molecule has 0 radical (unpaired) electrons. The number of benzene rings is 1. The normalized spacial score (nSPS) is 19.4. The molecule has 2 N–H and O–H groups in total. The summed E-state index contributed by atoms with van der Waals surface area (Å²) in [5, 5.41) is 12.9. The third-order valence-corrected chi connectivity index (χ3v) is 2.69. The molecule has 1 aliphatic heterocycles. The van der Waals surface area contributed by atoms with E-state index in [0.717, 1.165) is 17.8 Å². The highest BCUT2D eigenvalue weighted by molar-refractivity contribution is 5.98. The molecule has 1 aliphatic rings. The van der Waals surface area contributed by atoms with Gasteiger partial charge in [0, 0.05) is 12.1 Å². The molecule has 16 heavy (non-hydrogen) atoms. The monoisotopic (exact) mass is 216 g/mol. The number of rotatable bonds is 1. The Morgan fingerprint density at radius 3 is 2.94 bits per heavy atom. The Hall–Kier alpha value is -1.77. The minimum absolute atomic E-state index is 0.268. The molecule has 0 bridgehead atoms. The van der Waals surface area contributed by atoms with Crippen molar-refractivity contribution in [1.82, 2.24) is 0 Å². The van der Waals surface area contributed by atoms with E-state index in [9.17, 15) is 5.11 Å². The van der Waals surface area contributed by atoms with Gasteiger partial charge in [0.05, 0.1) is 5.69 Å². The number of phenols is 1. The van der Waals surface area contributed by atoms with Crippen molar-refractivity contribution in [2.75, 3.05) is 5.32 Å². The van der Waals surface area contributed by atoms with Crippen LogP contribution in [0.25, 0.3) is 0 Å². The van der Waals surface area contributed by atoms with E-state index in [0.29, 0.717) is 11.6 Å². The smallest absolute Gasteiger partial charge is 0.139 e. The second kappa shape index (κ2) is 4.39. The second-order valence-electron chi connectivity index (χ2n) is 4.18. The minimum Gasteiger partial charge on any atom is -0.506 e. The Balaban J connectivity index is 2.20. The van der Waals surface area contributed by atoms with Gasteiger partial charge in [-0.3, -0.25) is 0 Å².